The maximum Gasteiger partial charge on any atom is 0.573 e. The van der Waals surface area contributed by atoms with E-state index in [0.29, 0.717) is 5.69 Å². The van der Waals surface area contributed by atoms with Gasteiger partial charge in [0.1, 0.15) is 5.75 Å². The molecular formula is C18H17F3N4O4S. The molecule has 8 nitrogen and oxygen atoms in total. The minimum atomic E-state index is -4.79. The molecule has 30 heavy (non-hydrogen) atoms. The van der Waals surface area contributed by atoms with Crippen LogP contribution in [0.5, 0.6) is 5.75 Å². The minimum absolute atomic E-state index is 0.0352. The van der Waals surface area contributed by atoms with E-state index in [2.05, 4.69) is 25.3 Å². The van der Waals surface area contributed by atoms with Crippen molar-refractivity contribution in [3.8, 4) is 5.75 Å². The van der Waals surface area contributed by atoms with Gasteiger partial charge in [0.25, 0.3) is 5.56 Å². The number of halogens is 3. The van der Waals surface area contributed by atoms with E-state index in [0.717, 1.165) is 36.7 Å². The van der Waals surface area contributed by atoms with Crippen LogP contribution in [0.25, 0.3) is 0 Å². The maximum absolute atomic E-state index is 12.2. The highest BCUT2D eigenvalue weighted by molar-refractivity contribution is 7.99. The van der Waals surface area contributed by atoms with Gasteiger partial charge < -0.3 is 20.4 Å². The zero-order valence-corrected chi connectivity index (χ0v) is 16.2. The number of alkyl halides is 3. The first-order valence-corrected chi connectivity index (χ1v) is 9.83. The second-order valence-electron chi connectivity index (χ2n) is 6.47. The fourth-order valence-electron chi connectivity index (χ4n) is 2.38. The standard InChI is InChI=1S/C18H17F3N4O4S/c19-18(20,21)29-13-5-3-11(4-6-13)23-16(28)9-30-17-24-12(8-15(27)25-17)7-14(26)22-10-1-2-10/h3-6,8,10H,1-2,7,9H2,(H,22,26)(H,23,28)(H,24,25,27). The van der Waals surface area contributed by atoms with E-state index in [4.69, 9.17) is 0 Å². The van der Waals surface area contributed by atoms with E-state index in [9.17, 15) is 27.6 Å². The van der Waals surface area contributed by atoms with Gasteiger partial charge in [0.05, 0.1) is 17.9 Å². The number of aromatic amines is 1. The SMILES string of the molecule is O=C(CSc1nc(CC(=O)NC2CC2)cc(=O)[nH]1)Nc1ccc(OC(F)(F)F)cc1. The number of thioether (sulfide) groups is 1. The van der Waals surface area contributed by atoms with Gasteiger partial charge in [0.15, 0.2) is 5.16 Å². The molecular weight excluding hydrogens is 425 g/mol. The number of hydrogen-bond acceptors (Lipinski definition) is 6. The van der Waals surface area contributed by atoms with Gasteiger partial charge in [-0.2, -0.15) is 0 Å². The summed E-state index contributed by atoms with van der Waals surface area (Å²) in [7, 11) is 0. The summed E-state index contributed by atoms with van der Waals surface area (Å²) < 4.78 is 40.2. The lowest BCUT2D eigenvalue weighted by Gasteiger charge is -2.10. The monoisotopic (exact) mass is 442 g/mol. The van der Waals surface area contributed by atoms with E-state index in [-0.39, 0.29) is 35.0 Å². The van der Waals surface area contributed by atoms with Crippen LogP contribution < -0.4 is 20.9 Å². The van der Waals surface area contributed by atoms with Gasteiger partial charge in [-0.15, -0.1) is 13.2 Å². The molecule has 1 aromatic heterocycles. The highest BCUT2D eigenvalue weighted by Gasteiger charge is 2.31. The van der Waals surface area contributed by atoms with Gasteiger partial charge in [0, 0.05) is 17.8 Å². The average Bonchev–Trinajstić information content (AvgIpc) is 3.44. The number of H-pyrrole nitrogens is 1. The second-order valence-corrected chi connectivity index (χ2v) is 7.43. The zero-order chi connectivity index (χ0) is 21.7. The van der Waals surface area contributed by atoms with Crippen molar-refractivity contribution < 1.29 is 27.5 Å². The van der Waals surface area contributed by atoms with Crippen molar-refractivity contribution in [2.75, 3.05) is 11.1 Å². The number of benzene rings is 1. The third kappa shape index (κ3) is 7.43. The summed E-state index contributed by atoms with van der Waals surface area (Å²) in [5, 5.41) is 5.49. The van der Waals surface area contributed by atoms with Crippen molar-refractivity contribution in [1.82, 2.24) is 15.3 Å². The summed E-state index contributed by atoms with van der Waals surface area (Å²) in [5.41, 5.74) is 0.129. The summed E-state index contributed by atoms with van der Waals surface area (Å²) in [6, 6.07) is 6.11. The van der Waals surface area contributed by atoms with Crippen LogP contribution in [0.2, 0.25) is 0 Å². The molecule has 0 bridgehead atoms. The first-order valence-electron chi connectivity index (χ1n) is 8.84. The summed E-state index contributed by atoms with van der Waals surface area (Å²) in [6.45, 7) is 0. The van der Waals surface area contributed by atoms with E-state index >= 15 is 0 Å². The van der Waals surface area contributed by atoms with Crippen LogP contribution in [0.4, 0.5) is 18.9 Å². The van der Waals surface area contributed by atoms with Crippen LogP contribution in [-0.4, -0.2) is 39.9 Å². The van der Waals surface area contributed by atoms with Crippen molar-refractivity contribution in [2.24, 2.45) is 0 Å². The Labute approximate surface area is 172 Å². The largest absolute Gasteiger partial charge is 0.573 e. The number of anilines is 1. The Hall–Kier alpha value is -3.02. The van der Waals surface area contributed by atoms with Crippen molar-refractivity contribution in [2.45, 2.75) is 36.8 Å². The normalized spacial score (nSPS) is 13.6. The highest BCUT2D eigenvalue weighted by atomic mass is 32.2. The molecule has 3 rings (SSSR count). The molecule has 0 saturated heterocycles. The Balaban J connectivity index is 1.51. The molecule has 2 aromatic rings. The Morgan fingerprint density at radius 2 is 1.90 bits per heavy atom. The van der Waals surface area contributed by atoms with Gasteiger partial charge in [-0.1, -0.05) is 11.8 Å². The number of aromatic nitrogens is 2. The first-order chi connectivity index (χ1) is 14.2. The molecule has 1 heterocycles. The second kappa shape index (κ2) is 9.20. The lowest BCUT2D eigenvalue weighted by molar-refractivity contribution is -0.274. The van der Waals surface area contributed by atoms with Crippen LogP contribution in [-0.2, 0) is 16.0 Å². The highest BCUT2D eigenvalue weighted by Crippen LogP contribution is 2.24. The number of amides is 2. The van der Waals surface area contributed by atoms with Gasteiger partial charge in [-0.3, -0.25) is 14.4 Å². The molecule has 0 aliphatic heterocycles. The van der Waals surface area contributed by atoms with Crippen LogP contribution in [0, 0.1) is 0 Å². The summed E-state index contributed by atoms with van der Waals surface area (Å²) >= 11 is 0.957. The van der Waals surface area contributed by atoms with E-state index in [1.807, 2.05) is 0 Å². The predicted molar refractivity (Wildman–Crippen MR) is 102 cm³/mol. The lowest BCUT2D eigenvalue weighted by Crippen LogP contribution is -2.28. The zero-order valence-electron chi connectivity index (χ0n) is 15.4. The molecule has 1 fully saturated rings. The summed E-state index contributed by atoms with van der Waals surface area (Å²) in [6.07, 6.45) is -2.93. The van der Waals surface area contributed by atoms with E-state index < -0.39 is 23.6 Å². The van der Waals surface area contributed by atoms with E-state index in [1.165, 1.54) is 18.2 Å². The van der Waals surface area contributed by atoms with Gasteiger partial charge in [-0.25, -0.2) is 4.98 Å². The molecule has 1 aromatic carbocycles. The number of nitrogens with one attached hydrogen (secondary N) is 3. The van der Waals surface area contributed by atoms with Crippen LogP contribution in [0.15, 0.2) is 40.3 Å². The summed E-state index contributed by atoms with van der Waals surface area (Å²) in [5.74, 6) is -1.19. The quantitative estimate of drug-likeness (QED) is 0.427. The van der Waals surface area contributed by atoms with Crippen molar-refractivity contribution in [1.29, 1.82) is 0 Å². The maximum atomic E-state index is 12.2. The number of carbonyl (C=O) groups is 2. The smallest absolute Gasteiger partial charge is 0.406 e. The number of carbonyl (C=O) groups excluding carboxylic acids is 2. The van der Waals surface area contributed by atoms with Gasteiger partial charge >= 0.3 is 6.36 Å². The molecule has 0 radical (unpaired) electrons. The number of nitrogens with zero attached hydrogens (tertiary/aromatic N) is 1. The Morgan fingerprint density at radius 3 is 2.53 bits per heavy atom. The lowest BCUT2D eigenvalue weighted by atomic mass is 10.3. The first kappa shape index (κ1) is 21.7. The van der Waals surface area contributed by atoms with Crippen molar-refractivity contribution in [3.63, 3.8) is 0 Å². The molecule has 1 saturated carbocycles. The van der Waals surface area contributed by atoms with Gasteiger partial charge in [-0.05, 0) is 37.1 Å². The van der Waals surface area contributed by atoms with Crippen molar-refractivity contribution in [3.05, 3.63) is 46.4 Å². The topological polar surface area (TPSA) is 113 Å². The molecule has 0 unspecified atom stereocenters. The molecule has 12 heteroatoms. The third-order valence-corrected chi connectivity index (χ3v) is 4.64. The van der Waals surface area contributed by atoms with Crippen LogP contribution in [0.3, 0.4) is 0 Å². The number of ether oxygens (including phenoxy) is 1. The fourth-order valence-corrected chi connectivity index (χ4v) is 3.08. The van der Waals surface area contributed by atoms with Crippen LogP contribution >= 0.6 is 11.8 Å². The minimum Gasteiger partial charge on any atom is -0.406 e. The Kier molecular flexibility index (Phi) is 6.65. The number of rotatable bonds is 8. The number of hydrogen-bond donors (Lipinski definition) is 3. The van der Waals surface area contributed by atoms with Gasteiger partial charge in [0.2, 0.25) is 11.8 Å². The Morgan fingerprint density at radius 1 is 1.20 bits per heavy atom. The predicted octanol–water partition coefficient (Wildman–Crippen LogP) is 2.22. The molecule has 0 atom stereocenters. The average molecular weight is 442 g/mol. The molecule has 2 amide bonds. The summed E-state index contributed by atoms with van der Waals surface area (Å²) in [4.78, 5) is 42.3. The molecule has 0 spiro atoms. The Bertz CT molecular complexity index is 975. The third-order valence-electron chi connectivity index (χ3n) is 3.77. The molecule has 160 valence electrons. The van der Waals surface area contributed by atoms with E-state index in [1.54, 1.807) is 0 Å². The molecule has 3 N–H and O–H groups in total. The molecule has 1 aliphatic carbocycles. The fraction of sp³-hybridized carbons (Fsp3) is 0.333. The van der Waals surface area contributed by atoms with Crippen LogP contribution in [0.1, 0.15) is 18.5 Å². The van der Waals surface area contributed by atoms with Crippen molar-refractivity contribution >= 4 is 29.3 Å². The molecule has 1 aliphatic rings.